The molecule has 0 spiro atoms. The van der Waals surface area contributed by atoms with Crippen molar-refractivity contribution >= 4 is 54.6 Å². The van der Waals surface area contributed by atoms with Gasteiger partial charge in [-0.2, -0.15) is 0 Å². The fourth-order valence-electron chi connectivity index (χ4n) is 6.90. The SMILES string of the molecule is c1ccc(-c2ccc3cc(-c4cc(-c5cccc6oc7ccccc7c56)nc(-c5cncc6oc7ccccc7c56)n4)ccc3c2)cc1. The van der Waals surface area contributed by atoms with Gasteiger partial charge in [0, 0.05) is 44.4 Å². The van der Waals surface area contributed by atoms with Gasteiger partial charge in [0.1, 0.15) is 16.7 Å². The molecule has 48 heavy (non-hydrogen) atoms. The van der Waals surface area contributed by atoms with Crippen molar-refractivity contribution < 1.29 is 8.83 Å². The van der Waals surface area contributed by atoms with E-state index in [2.05, 4.69) is 89.9 Å². The number of aromatic nitrogens is 3. The first-order chi connectivity index (χ1) is 23.8. The molecule has 0 saturated heterocycles. The van der Waals surface area contributed by atoms with E-state index in [9.17, 15) is 0 Å². The lowest BCUT2D eigenvalue weighted by Gasteiger charge is -2.12. The second-order valence-corrected chi connectivity index (χ2v) is 12.0. The van der Waals surface area contributed by atoms with Crippen LogP contribution < -0.4 is 0 Å². The van der Waals surface area contributed by atoms with Gasteiger partial charge in [-0.1, -0.05) is 103 Å². The number of hydrogen-bond donors (Lipinski definition) is 0. The summed E-state index contributed by atoms with van der Waals surface area (Å²) < 4.78 is 12.5. The zero-order valence-corrected chi connectivity index (χ0v) is 25.6. The standard InChI is InChI=1S/C43H25N3O2/c1-2-9-26(10-3-1)27-17-18-29-22-30(20-19-28(29)21-27)35-23-36(31-13-8-16-39-41(31)32-11-4-6-14-37(32)47-39)46-43(45-35)34-24-44-25-40-42(34)33-12-5-7-15-38(33)48-40/h1-25H. The predicted octanol–water partition coefficient (Wildman–Crippen LogP) is 11.5. The molecule has 0 amide bonds. The van der Waals surface area contributed by atoms with Crippen LogP contribution in [0.4, 0.5) is 0 Å². The largest absolute Gasteiger partial charge is 0.456 e. The molecule has 0 N–H and O–H groups in total. The number of hydrogen-bond acceptors (Lipinski definition) is 5. The minimum Gasteiger partial charge on any atom is -0.456 e. The molecule has 6 aromatic carbocycles. The Hall–Kier alpha value is -6.59. The lowest BCUT2D eigenvalue weighted by atomic mass is 9.98. The monoisotopic (exact) mass is 615 g/mol. The van der Waals surface area contributed by atoms with Crippen LogP contribution in [-0.2, 0) is 0 Å². The van der Waals surface area contributed by atoms with Gasteiger partial charge in [0.15, 0.2) is 11.4 Å². The van der Waals surface area contributed by atoms with Crippen molar-refractivity contribution in [3.8, 4) is 45.0 Å². The van der Waals surface area contributed by atoms with E-state index in [0.29, 0.717) is 11.4 Å². The van der Waals surface area contributed by atoms with Gasteiger partial charge in [-0.15, -0.1) is 0 Å². The van der Waals surface area contributed by atoms with Crippen molar-refractivity contribution in [2.75, 3.05) is 0 Å². The van der Waals surface area contributed by atoms with E-state index in [4.69, 9.17) is 18.8 Å². The van der Waals surface area contributed by atoms with E-state index in [-0.39, 0.29) is 0 Å². The smallest absolute Gasteiger partial charge is 0.162 e. The fourth-order valence-corrected chi connectivity index (χ4v) is 6.90. The third-order valence-corrected chi connectivity index (χ3v) is 9.18. The Morgan fingerprint density at radius 3 is 1.81 bits per heavy atom. The van der Waals surface area contributed by atoms with Crippen LogP contribution >= 0.6 is 0 Å². The minimum absolute atomic E-state index is 0.580. The highest BCUT2D eigenvalue weighted by molar-refractivity contribution is 6.13. The molecule has 10 rings (SSSR count). The van der Waals surface area contributed by atoms with Crippen LogP contribution in [0.1, 0.15) is 0 Å². The van der Waals surface area contributed by atoms with Gasteiger partial charge in [0.25, 0.3) is 0 Å². The van der Waals surface area contributed by atoms with E-state index in [1.807, 2.05) is 60.8 Å². The average molecular weight is 616 g/mol. The summed E-state index contributed by atoms with van der Waals surface area (Å²) in [7, 11) is 0. The Balaban J connectivity index is 1.22. The van der Waals surface area contributed by atoms with Gasteiger partial charge in [-0.25, -0.2) is 9.97 Å². The topological polar surface area (TPSA) is 65.0 Å². The van der Waals surface area contributed by atoms with Gasteiger partial charge < -0.3 is 8.83 Å². The number of furan rings is 2. The fraction of sp³-hybridized carbons (Fsp3) is 0. The molecule has 224 valence electrons. The molecule has 0 saturated carbocycles. The number of pyridine rings is 1. The van der Waals surface area contributed by atoms with E-state index < -0.39 is 0 Å². The lowest BCUT2D eigenvalue weighted by molar-refractivity contribution is 0.667. The van der Waals surface area contributed by atoms with Crippen molar-refractivity contribution in [3.63, 3.8) is 0 Å². The Bertz CT molecular complexity index is 2720. The summed E-state index contributed by atoms with van der Waals surface area (Å²) in [4.78, 5) is 15.0. The second kappa shape index (κ2) is 10.5. The molecule has 10 aromatic rings. The zero-order valence-electron chi connectivity index (χ0n) is 25.6. The lowest BCUT2D eigenvalue weighted by Crippen LogP contribution is -1.97. The molecule has 0 bridgehead atoms. The Morgan fingerprint density at radius 1 is 0.396 bits per heavy atom. The molecule has 4 heterocycles. The van der Waals surface area contributed by atoms with Gasteiger partial charge in [-0.3, -0.25) is 4.98 Å². The van der Waals surface area contributed by atoms with Crippen molar-refractivity contribution in [1.82, 2.24) is 15.0 Å². The van der Waals surface area contributed by atoms with Crippen LogP contribution in [0.5, 0.6) is 0 Å². The van der Waals surface area contributed by atoms with Gasteiger partial charge >= 0.3 is 0 Å². The van der Waals surface area contributed by atoms with E-state index in [1.165, 1.54) is 16.5 Å². The molecule has 0 radical (unpaired) electrons. The van der Waals surface area contributed by atoms with Crippen LogP contribution in [0.3, 0.4) is 0 Å². The van der Waals surface area contributed by atoms with Crippen molar-refractivity contribution in [2.45, 2.75) is 0 Å². The molecule has 0 fully saturated rings. The molecule has 5 nitrogen and oxygen atoms in total. The molecule has 4 aromatic heterocycles. The van der Waals surface area contributed by atoms with Crippen molar-refractivity contribution in [1.29, 1.82) is 0 Å². The van der Waals surface area contributed by atoms with Crippen LogP contribution in [0.15, 0.2) is 161 Å². The maximum absolute atomic E-state index is 6.26. The first-order valence-electron chi connectivity index (χ1n) is 15.9. The maximum atomic E-state index is 6.26. The summed E-state index contributed by atoms with van der Waals surface area (Å²) in [6.45, 7) is 0. The van der Waals surface area contributed by atoms with E-state index >= 15 is 0 Å². The van der Waals surface area contributed by atoms with Crippen LogP contribution in [-0.4, -0.2) is 15.0 Å². The number of nitrogens with zero attached hydrogens (tertiary/aromatic N) is 3. The third-order valence-electron chi connectivity index (χ3n) is 9.18. The summed E-state index contributed by atoms with van der Waals surface area (Å²) >= 11 is 0. The van der Waals surface area contributed by atoms with Crippen LogP contribution in [0.25, 0.3) is 99.7 Å². The average Bonchev–Trinajstić information content (AvgIpc) is 3.73. The third kappa shape index (κ3) is 4.22. The molecule has 5 heteroatoms. The second-order valence-electron chi connectivity index (χ2n) is 12.0. The predicted molar refractivity (Wildman–Crippen MR) is 194 cm³/mol. The number of para-hydroxylation sites is 2. The van der Waals surface area contributed by atoms with Crippen LogP contribution in [0.2, 0.25) is 0 Å². The molecule has 0 unspecified atom stereocenters. The molecule has 0 aliphatic rings. The van der Waals surface area contributed by atoms with Crippen molar-refractivity contribution in [3.05, 3.63) is 152 Å². The number of benzene rings is 6. The Kier molecular flexibility index (Phi) is 5.81. The van der Waals surface area contributed by atoms with Crippen molar-refractivity contribution in [2.24, 2.45) is 0 Å². The van der Waals surface area contributed by atoms with Gasteiger partial charge in [0.05, 0.1) is 17.6 Å². The van der Waals surface area contributed by atoms with E-state index in [1.54, 1.807) is 6.20 Å². The number of rotatable bonds is 4. The summed E-state index contributed by atoms with van der Waals surface area (Å²) in [5.41, 5.74) is 9.98. The summed E-state index contributed by atoms with van der Waals surface area (Å²) in [6, 6.07) is 48.0. The minimum atomic E-state index is 0.580. The first kappa shape index (κ1) is 26.6. The highest BCUT2D eigenvalue weighted by Crippen LogP contribution is 2.40. The summed E-state index contributed by atoms with van der Waals surface area (Å²) in [5, 5.41) is 6.34. The number of fused-ring (bicyclic) bond motifs is 7. The Labute approximate surface area is 274 Å². The molecular weight excluding hydrogens is 590 g/mol. The quantitative estimate of drug-likeness (QED) is 0.197. The summed E-state index contributed by atoms with van der Waals surface area (Å²) in [5.74, 6) is 0.580. The highest BCUT2D eigenvalue weighted by Gasteiger charge is 2.20. The highest BCUT2D eigenvalue weighted by atomic mass is 16.3. The van der Waals surface area contributed by atoms with Gasteiger partial charge in [0.2, 0.25) is 0 Å². The first-order valence-corrected chi connectivity index (χ1v) is 15.9. The summed E-state index contributed by atoms with van der Waals surface area (Å²) in [6.07, 6.45) is 3.60. The Morgan fingerprint density at radius 2 is 1.02 bits per heavy atom. The maximum Gasteiger partial charge on any atom is 0.162 e. The normalized spacial score (nSPS) is 11.8. The van der Waals surface area contributed by atoms with E-state index in [0.717, 1.165) is 71.8 Å². The van der Waals surface area contributed by atoms with Gasteiger partial charge in [-0.05, 0) is 58.3 Å². The zero-order chi connectivity index (χ0) is 31.6. The molecule has 0 atom stereocenters. The molecule has 0 aliphatic carbocycles. The van der Waals surface area contributed by atoms with Crippen LogP contribution in [0, 0.1) is 0 Å². The molecular formula is C43H25N3O2. The molecule has 0 aliphatic heterocycles.